The Balaban J connectivity index is 2.67. The van der Waals surface area contributed by atoms with Crippen LogP contribution in [0.2, 0.25) is 0 Å². The van der Waals surface area contributed by atoms with E-state index in [4.69, 9.17) is 9.84 Å². The van der Waals surface area contributed by atoms with E-state index in [0.717, 1.165) is 18.4 Å². The first-order chi connectivity index (χ1) is 8.27. The van der Waals surface area contributed by atoms with Crippen LogP contribution in [0.5, 0.6) is 5.75 Å². The van der Waals surface area contributed by atoms with Crippen LogP contribution in [0, 0.1) is 0 Å². The van der Waals surface area contributed by atoms with Gasteiger partial charge in [-0.25, -0.2) is 0 Å². The van der Waals surface area contributed by atoms with E-state index < -0.39 is 0 Å². The van der Waals surface area contributed by atoms with Gasteiger partial charge in [0.1, 0.15) is 11.9 Å². The van der Waals surface area contributed by atoms with Crippen molar-refractivity contribution >= 4 is 0 Å². The Hall–Kier alpha value is -1.32. The standard InChI is InChI=1S/C14H20O3/c1-2-3-11-17-14(5-4-10-15)12-6-8-13(16)9-7-12/h4-9,14-16H,2-3,10-11H2,1H3. The molecule has 1 rings (SSSR count). The molecule has 0 aromatic heterocycles. The summed E-state index contributed by atoms with van der Waals surface area (Å²) in [7, 11) is 0. The molecule has 0 amide bonds. The van der Waals surface area contributed by atoms with Gasteiger partial charge in [0.05, 0.1) is 6.61 Å². The minimum absolute atomic E-state index is 0.00568. The zero-order chi connectivity index (χ0) is 12.5. The Bertz CT molecular complexity index is 330. The first kappa shape index (κ1) is 13.7. The number of ether oxygens (including phenoxy) is 1. The minimum Gasteiger partial charge on any atom is -0.508 e. The number of hydrogen-bond donors (Lipinski definition) is 2. The van der Waals surface area contributed by atoms with Crippen LogP contribution in [0.25, 0.3) is 0 Å². The second kappa shape index (κ2) is 7.87. The quantitative estimate of drug-likeness (QED) is 0.565. The first-order valence-electron chi connectivity index (χ1n) is 5.96. The molecule has 1 aromatic rings. The Labute approximate surface area is 102 Å². The van der Waals surface area contributed by atoms with Crippen molar-refractivity contribution in [3.05, 3.63) is 42.0 Å². The zero-order valence-corrected chi connectivity index (χ0v) is 10.2. The number of phenolic OH excluding ortho intramolecular Hbond substituents is 1. The average Bonchev–Trinajstić information content (AvgIpc) is 2.35. The van der Waals surface area contributed by atoms with Crippen molar-refractivity contribution in [2.75, 3.05) is 13.2 Å². The molecule has 1 atom stereocenters. The summed E-state index contributed by atoms with van der Waals surface area (Å²) in [6.45, 7) is 2.81. The lowest BCUT2D eigenvalue weighted by atomic mass is 10.1. The fourth-order valence-corrected chi connectivity index (χ4v) is 1.47. The van der Waals surface area contributed by atoms with E-state index in [-0.39, 0.29) is 18.5 Å². The summed E-state index contributed by atoms with van der Waals surface area (Å²) in [5.74, 6) is 0.243. The second-order valence-electron chi connectivity index (χ2n) is 3.85. The summed E-state index contributed by atoms with van der Waals surface area (Å²) in [6, 6.07) is 6.93. The van der Waals surface area contributed by atoms with E-state index in [0.29, 0.717) is 6.61 Å². The molecule has 3 nitrogen and oxygen atoms in total. The van der Waals surface area contributed by atoms with Gasteiger partial charge < -0.3 is 14.9 Å². The molecule has 0 heterocycles. The summed E-state index contributed by atoms with van der Waals surface area (Å²) in [5.41, 5.74) is 0.976. The number of benzene rings is 1. The molecular weight excluding hydrogens is 216 g/mol. The van der Waals surface area contributed by atoms with Crippen molar-refractivity contribution in [2.24, 2.45) is 0 Å². The Morgan fingerprint density at radius 3 is 2.59 bits per heavy atom. The van der Waals surface area contributed by atoms with Crippen LogP contribution in [-0.4, -0.2) is 23.4 Å². The van der Waals surface area contributed by atoms with Gasteiger partial charge >= 0.3 is 0 Å². The largest absolute Gasteiger partial charge is 0.508 e. The summed E-state index contributed by atoms with van der Waals surface area (Å²) in [4.78, 5) is 0. The average molecular weight is 236 g/mol. The van der Waals surface area contributed by atoms with Crippen molar-refractivity contribution in [3.63, 3.8) is 0 Å². The highest BCUT2D eigenvalue weighted by Crippen LogP contribution is 2.21. The van der Waals surface area contributed by atoms with Crippen LogP contribution in [0.15, 0.2) is 36.4 Å². The molecule has 17 heavy (non-hydrogen) atoms. The van der Waals surface area contributed by atoms with Gasteiger partial charge in [-0.15, -0.1) is 0 Å². The maximum Gasteiger partial charge on any atom is 0.115 e. The molecule has 0 aliphatic heterocycles. The van der Waals surface area contributed by atoms with Crippen molar-refractivity contribution in [3.8, 4) is 5.75 Å². The third-order valence-corrected chi connectivity index (χ3v) is 2.43. The summed E-state index contributed by atoms with van der Waals surface area (Å²) in [6.07, 6.45) is 5.45. The second-order valence-corrected chi connectivity index (χ2v) is 3.85. The van der Waals surface area contributed by atoms with Crippen molar-refractivity contribution < 1.29 is 14.9 Å². The lowest BCUT2D eigenvalue weighted by molar-refractivity contribution is 0.0825. The van der Waals surface area contributed by atoms with E-state index in [1.165, 1.54) is 0 Å². The SMILES string of the molecule is CCCCOC(C=CCO)c1ccc(O)cc1. The molecule has 0 radical (unpaired) electrons. The first-order valence-corrected chi connectivity index (χ1v) is 5.96. The van der Waals surface area contributed by atoms with Gasteiger partial charge in [0.25, 0.3) is 0 Å². The van der Waals surface area contributed by atoms with Gasteiger partial charge in [0, 0.05) is 6.61 Å². The highest BCUT2D eigenvalue weighted by Gasteiger charge is 2.07. The lowest BCUT2D eigenvalue weighted by Crippen LogP contribution is -2.03. The fourth-order valence-electron chi connectivity index (χ4n) is 1.47. The zero-order valence-electron chi connectivity index (χ0n) is 10.2. The predicted molar refractivity (Wildman–Crippen MR) is 67.9 cm³/mol. The van der Waals surface area contributed by atoms with E-state index in [2.05, 4.69) is 6.92 Å². The highest BCUT2D eigenvalue weighted by atomic mass is 16.5. The number of phenols is 1. The monoisotopic (exact) mass is 236 g/mol. The number of aliphatic hydroxyl groups is 1. The molecule has 1 unspecified atom stereocenters. The van der Waals surface area contributed by atoms with Crippen LogP contribution < -0.4 is 0 Å². The minimum atomic E-state index is -0.158. The van der Waals surface area contributed by atoms with E-state index >= 15 is 0 Å². The van der Waals surface area contributed by atoms with Crippen LogP contribution in [0.3, 0.4) is 0 Å². The molecule has 94 valence electrons. The topological polar surface area (TPSA) is 49.7 Å². The third kappa shape index (κ3) is 5.02. The lowest BCUT2D eigenvalue weighted by Gasteiger charge is -2.14. The van der Waals surface area contributed by atoms with Gasteiger partial charge in [-0.3, -0.25) is 0 Å². The third-order valence-electron chi connectivity index (χ3n) is 2.43. The van der Waals surface area contributed by atoms with Crippen molar-refractivity contribution in [2.45, 2.75) is 25.9 Å². The molecule has 0 saturated carbocycles. The van der Waals surface area contributed by atoms with E-state index in [9.17, 15) is 5.11 Å². The number of hydrogen-bond acceptors (Lipinski definition) is 3. The van der Waals surface area contributed by atoms with Gasteiger partial charge in [-0.05, 0) is 24.1 Å². The van der Waals surface area contributed by atoms with Crippen LogP contribution in [0.1, 0.15) is 31.4 Å². The van der Waals surface area contributed by atoms with Crippen LogP contribution in [-0.2, 0) is 4.74 Å². The van der Waals surface area contributed by atoms with Crippen molar-refractivity contribution in [1.82, 2.24) is 0 Å². The number of aliphatic hydroxyl groups excluding tert-OH is 1. The molecule has 1 aromatic carbocycles. The maximum atomic E-state index is 9.23. The number of unbranched alkanes of at least 4 members (excludes halogenated alkanes) is 1. The molecule has 0 spiro atoms. The molecular formula is C14H20O3. The van der Waals surface area contributed by atoms with Gasteiger partial charge in [0.2, 0.25) is 0 Å². The number of aromatic hydroxyl groups is 1. The number of rotatable bonds is 7. The van der Waals surface area contributed by atoms with Gasteiger partial charge in [0.15, 0.2) is 0 Å². The van der Waals surface area contributed by atoms with Crippen LogP contribution in [0.4, 0.5) is 0 Å². The van der Waals surface area contributed by atoms with E-state index in [1.54, 1.807) is 18.2 Å². The Morgan fingerprint density at radius 2 is 2.00 bits per heavy atom. The summed E-state index contributed by atoms with van der Waals surface area (Å²) < 4.78 is 5.73. The maximum absolute atomic E-state index is 9.23. The Kier molecular flexibility index (Phi) is 6.37. The Morgan fingerprint density at radius 1 is 1.29 bits per heavy atom. The van der Waals surface area contributed by atoms with Gasteiger partial charge in [-0.1, -0.05) is 37.6 Å². The predicted octanol–water partition coefficient (Wildman–Crippen LogP) is 2.80. The van der Waals surface area contributed by atoms with Crippen LogP contribution >= 0.6 is 0 Å². The van der Waals surface area contributed by atoms with Crippen molar-refractivity contribution in [1.29, 1.82) is 0 Å². The summed E-state index contributed by atoms with van der Waals surface area (Å²) in [5, 5.41) is 18.0. The van der Waals surface area contributed by atoms with E-state index in [1.807, 2.05) is 18.2 Å². The van der Waals surface area contributed by atoms with Gasteiger partial charge in [-0.2, -0.15) is 0 Å². The molecule has 3 heteroatoms. The molecule has 2 N–H and O–H groups in total. The molecule has 0 aliphatic rings. The smallest absolute Gasteiger partial charge is 0.115 e. The summed E-state index contributed by atoms with van der Waals surface area (Å²) >= 11 is 0. The highest BCUT2D eigenvalue weighted by molar-refractivity contribution is 5.29. The molecule has 0 bridgehead atoms. The normalized spacial score (nSPS) is 13.1. The fraction of sp³-hybridized carbons (Fsp3) is 0.429. The molecule has 0 fully saturated rings. The molecule has 0 aliphatic carbocycles. The molecule has 0 saturated heterocycles.